The summed E-state index contributed by atoms with van der Waals surface area (Å²) in [6, 6.07) is 0. The molecule has 0 amide bonds. The summed E-state index contributed by atoms with van der Waals surface area (Å²) in [7, 11) is 0. The third kappa shape index (κ3) is 0.553. The quantitative estimate of drug-likeness (QED) is 0.663. The van der Waals surface area contributed by atoms with Crippen LogP contribution in [0.1, 0.15) is 39.0 Å². The van der Waals surface area contributed by atoms with E-state index in [1.165, 1.54) is 18.4 Å². The molecule has 0 bridgehead atoms. The van der Waals surface area contributed by atoms with Crippen molar-refractivity contribution in [2.45, 2.75) is 44.6 Å². The molecule has 1 aliphatic heterocycles. The molecule has 8 aliphatic rings. The number of rotatable bonds is 0. The fourth-order valence-electron chi connectivity index (χ4n) is 13.5. The number of hydrogen-bond acceptors (Lipinski definition) is 1. The summed E-state index contributed by atoms with van der Waals surface area (Å²) in [5.74, 6) is 12.4. The summed E-state index contributed by atoms with van der Waals surface area (Å²) in [6.07, 6.45) is 7.89. The van der Waals surface area contributed by atoms with Crippen molar-refractivity contribution in [3.05, 3.63) is 0 Å². The lowest BCUT2D eigenvalue weighted by molar-refractivity contribution is -0.387. The molecule has 7 saturated carbocycles. The molecule has 2 spiro atoms. The van der Waals surface area contributed by atoms with Gasteiger partial charge in [-0.15, -0.1) is 0 Å². The van der Waals surface area contributed by atoms with Crippen LogP contribution in [0.15, 0.2) is 0 Å². The zero-order valence-electron chi connectivity index (χ0n) is 13.5. The lowest BCUT2D eigenvalue weighted by Gasteiger charge is -2.73. The molecule has 0 aromatic rings. The third-order valence-corrected chi connectivity index (χ3v) is 12.4. The Morgan fingerprint density at radius 1 is 0.773 bits per heavy atom. The van der Waals surface area contributed by atoms with Gasteiger partial charge in [-0.3, -0.25) is 0 Å². The van der Waals surface area contributed by atoms with E-state index >= 15 is 0 Å². The number of fused-ring (bicyclic) bond motifs is 10. The van der Waals surface area contributed by atoms with Crippen molar-refractivity contribution in [2.75, 3.05) is 6.61 Å². The predicted octanol–water partition coefficient (Wildman–Crippen LogP) is 3.59. The maximum atomic E-state index is 6.86. The van der Waals surface area contributed by atoms with Crippen LogP contribution < -0.4 is 0 Å². The van der Waals surface area contributed by atoms with Crippen LogP contribution in [0.3, 0.4) is 0 Å². The number of ether oxygens (including phenoxy) is 1. The molecule has 8 fully saturated rings. The zero-order valence-corrected chi connectivity index (χ0v) is 13.5. The second kappa shape index (κ2) is 2.49. The largest absolute Gasteiger partial charge is 0.373 e. The van der Waals surface area contributed by atoms with Crippen molar-refractivity contribution >= 4 is 0 Å². The molecule has 116 valence electrons. The monoisotopic (exact) mass is 294 g/mol. The van der Waals surface area contributed by atoms with E-state index in [-0.39, 0.29) is 0 Å². The van der Waals surface area contributed by atoms with Gasteiger partial charge >= 0.3 is 0 Å². The summed E-state index contributed by atoms with van der Waals surface area (Å²) >= 11 is 0. The van der Waals surface area contributed by atoms with Gasteiger partial charge in [-0.2, -0.15) is 0 Å². The van der Waals surface area contributed by atoms with Gasteiger partial charge < -0.3 is 4.74 Å². The standard InChI is InChI=1S/C21H26O/c1-19-15-8-3-2-4-9(8)16-13(15)14-17-10-5-6-11(12(10)18(14)19)21(19)20(16,17)7-22-21/h8-18H,2-7H2,1H3/t8-,9+,10+,11+,12-,13-,14+,15-,16-,17-,18+,19+,20+,21-/m1/s1. The zero-order chi connectivity index (χ0) is 13.8. The van der Waals surface area contributed by atoms with Gasteiger partial charge in [0.15, 0.2) is 0 Å². The minimum absolute atomic E-state index is 0.413. The molecule has 22 heavy (non-hydrogen) atoms. The van der Waals surface area contributed by atoms with Crippen molar-refractivity contribution in [1.82, 2.24) is 0 Å². The Kier molecular flexibility index (Phi) is 1.21. The van der Waals surface area contributed by atoms with E-state index in [9.17, 15) is 0 Å². The summed E-state index contributed by atoms with van der Waals surface area (Å²) in [5, 5.41) is 0. The van der Waals surface area contributed by atoms with Gasteiger partial charge in [0.1, 0.15) is 0 Å². The lowest BCUT2D eigenvalue weighted by atomic mass is 9.40. The van der Waals surface area contributed by atoms with Crippen molar-refractivity contribution in [2.24, 2.45) is 75.9 Å². The van der Waals surface area contributed by atoms with Gasteiger partial charge in [-0.1, -0.05) is 13.3 Å². The molecule has 0 N–H and O–H groups in total. The molecule has 0 aromatic carbocycles. The average Bonchev–Trinajstić information content (AvgIpc) is 3.18. The van der Waals surface area contributed by atoms with E-state index in [2.05, 4.69) is 6.92 Å². The van der Waals surface area contributed by atoms with Crippen LogP contribution in [-0.2, 0) is 4.74 Å². The van der Waals surface area contributed by atoms with Crippen molar-refractivity contribution in [3.8, 4) is 0 Å². The number of hydrogen-bond donors (Lipinski definition) is 0. The first-order valence-electron chi connectivity index (χ1n) is 10.4. The van der Waals surface area contributed by atoms with Crippen molar-refractivity contribution in [1.29, 1.82) is 0 Å². The van der Waals surface area contributed by atoms with E-state index < -0.39 is 0 Å². The Hall–Kier alpha value is -0.0400. The molecule has 0 aromatic heterocycles. The molecule has 1 nitrogen and oxygen atoms in total. The molecule has 8 rings (SSSR count). The van der Waals surface area contributed by atoms with Crippen LogP contribution in [-0.4, -0.2) is 12.2 Å². The van der Waals surface area contributed by atoms with Gasteiger partial charge in [-0.05, 0) is 90.8 Å². The highest BCUT2D eigenvalue weighted by Crippen LogP contribution is 3.01. The van der Waals surface area contributed by atoms with Crippen LogP contribution in [0.25, 0.3) is 0 Å². The van der Waals surface area contributed by atoms with Gasteiger partial charge in [0.05, 0.1) is 12.2 Å². The van der Waals surface area contributed by atoms with E-state index in [1.807, 2.05) is 0 Å². The Balaban J connectivity index is 1.48. The molecule has 7 aliphatic carbocycles. The fraction of sp³-hybridized carbons (Fsp3) is 1.00. The fourth-order valence-corrected chi connectivity index (χ4v) is 13.5. The highest BCUT2D eigenvalue weighted by molar-refractivity contribution is 5.49. The van der Waals surface area contributed by atoms with Gasteiger partial charge in [0.25, 0.3) is 0 Å². The molecular weight excluding hydrogens is 268 g/mol. The van der Waals surface area contributed by atoms with Crippen LogP contribution in [0.2, 0.25) is 0 Å². The smallest absolute Gasteiger partial charge is 0.0856 e. The highest BCUT2D eigenvalue weighted by atomic mass is 16.5. The van der Waals surface area contributed by atoms with Crippen molar-refractivity contribution in [3.63, 3.8) is 0 Å². The maximum Gasteiger partial charge on any atom is 0.0856 e. The highest BCUT2D eigenvalue weighted by Gasteiger charge is 3.02. The summed E-state index contributed by atoms with van der Waals surface area (Å²) < 4.78 is 6.86. The van der Waals surface area contributed by atoms with Crippen molar-refractivity contribution < 1.29 is 4.74 Å². The normalized spacial score (nSPS) is 88.0. The minimum atomic E-state index is 0.413. The second-order valence-corrected chi connectivity index (χ2v) is 11.3. The van der Waals surface area contributed by atoms with Crippen LogP contribution in [0.5, 0.6) is 0 Å². The first-order chi connectivity index (χ1) is 10.8. The van der Waals surface area contributed by atoms with Crippen LogP contribution in [0.4, 0.5) is 0 Å². The molecule has 1 saturated heterocycles. The average molecular weight is 294 g/mol. The summed E-state index contributed by atoms with van der Waals surface area (Å²) in [4.78, 5) is 0. The molecule has 14 atom stereocenters. The lowest BCUT2D eigenvalue weighted by Crippen LogP contribution is -2.79. The second-order valence-electron chi connectivity index (χ2n) is 11.3. The molecule has 1 heterocycles. The van der Waals surface area contributed by atoms with E-state index in [1.54, 1.807) is 32.1 Å². The SMILES string of the molecule is C[C@@]12[C@@H]3[C@H]4[C@@H]5[C@H]1[C@@H]1CCC[C@@H]1[C@H]5[C@]15CO[C@]21[C@H]1CC[C@@H]([C@@H]31)[C@H]45. The van der Waals surface area contributed by atoms with Gasteiger partial charge in [-0.25, -0.2) is 0 Å². The molecule has 0 radical (unpaired) electrons. The Bertz CT molecular complexity index is 683. The summed E-state index contributed by atoms with van der Waals surface area (Å²) in [6.45, 7) is 3.99. The Morgan fingerprint density at radius 3 is 2.36 bits per heavy atom. The van der Waals surface area contributed by atoms with E-state index in [0.717, 1.165) is 53.3 Å². The molecular formula is C21H26O. The first kappa shape index (κ1) is 10.7. The summed E-state index contributed by atoms with van der Waals surface area (Å²) in [5.41, 5.74) is 1.75. The van der Waals surface area contributed by atoms with E-state index in [4.69, 9.17) is 4.74 Å². The minimum Gasteiger partial charge on any atom is -0.373 e. The predicted molar refractivity (Wildman–Crippen MR) is 80.7 cm³/mol. The van der Waals surface area contributed by atoms with Crippen LogP contribution >= 0.6 is 0 Å². The van der Waals surface area contributed by atoms with Crippen LogP contribution in [0, 0.1) is 75.9 Å². The van der Waals surface area contributed by atoms with Gasteiger partial charge in [0, 0.05) is 10.8 Å². The molecule has 1 heteroatoms. The Labute approximate surface area is 132 Å². The first-order valence-corrected chi connectivity index (χ1v) is 10.4. The maximum absolute atomic E-state index is 6.86. The Morgan fingerprint density at radius 2 is 1.55 bits per heavy atom. The van der Waals surface area contributed by atoms with Gasteiger partial charge in [0.2, 0.25) is 0 Å². The topological polar surface area (TPSA) is 9.23 Å². The third-order valence-electron chi connectivity index (χ3n) is 12.4. The molecule has 0 unspecified atom stereocenters. The van der Waals surface area contributed by atoms with E-state index in [0.29, 0.717) is 16.4 Å².